The van der Waals surface area contributed by atoms with Crippen LogP contribution in [0.5, 0.6) is 0 Å². The standard InChI is InChI=1S/C25H27N3O3S/c1-26(23-10-6-3-7-11-23)32(30,31)24-14-12-22(13-15-24)25(29)28-18-16-27(17-19-28)20-21-8-4-2-5-9-21/h2-15H,16-20H2,1H3/p+1. The summed E-state index contributed by atoms with van der Waals surface area (Å²) in [4.78, 5) is 16.4. The van der Waals surface area contributed by atoms with E-state index in [1.807, 2.05) is 17.0 Å². The number of hydrogen-bond acceptors (Lipinski definition) is 3. The fourth-order valence-electron chi connectivity index (χ4n) is 3.97. The molecule has 32 heavy (non-hydrogen) atoms. The van der Waals surface area contributed by atoms with Gasteiger partial charge in [-0.15, -0.1) is 0 Å². The van der Waals surface area contributed by atoms with Gasteiger partial charge in [0.2, 0.25) is 0 Å². The number of carbonyl (C=O) groups excluding carboxylic acids is 1. The zero-order chi connectivity index (χ0) is 22.6. The smallest absolute Gasteiger partial charge is 0.264 e. The van der Waals surface area contributed by atoms with Gasteiger partial charge in [-0.3, -0.25) is 9.10 Å². The van der Waals surface area contributed by atoms with Gasteiger partial charge in [0.15, 0.2) is 0 Å². The maximum absolute atomic E-state index is 12.9. The molecular formula is C25H28N3O3S+. The van der Waals surface area contributed by atoms with Crippen LogP contribution in [-0.4, -0.2) is 52.5 Å². The number of nitrogens with zero attached hydrogens (tertiary/aromatic N) is 2. The summed E-state index contributed by atoms with van der Waals surface area (Å²) >= 11 is 0. The normalized spacial score (nSPS) is 14.8. The van der Waals surface area contributed by atoms with Gasteiger partial charge >= 0.3 is 0 Å². The van der Waals surface area contributed by atoms with Crippen molar-refractivity contribution in [2.24, 2.45) is 0 Å². The Morgan fingerprint density at radius 3 is 2.03 bits per heavy atom. The van der Waals surface area contributed by atoms with Crippen LogP contribution in [0.3, 0.4) is 0 Å². The molecule has 1 saturated heterocycles. The molecule has 1 heterocycles. The highest BCUT2D eigenvalue weighted by molar-refractivity contribution is 7.92. The van der Waals surface area contributed by atoms with Gasteiger partial charge in [0.05, 0.1) is 36.8 Å². The number of anilines is 1. The second-order valence-corrected chi connectivity index (χ2v) is 10.0. The van der Waals surface area contributed by atoms with Crippen LogP contribution in [0.2, 0.25) is 0 Å². The summed E-state index contributed by atoms with van der Waals surface area (Å²) in [6, 6.07) is 25.6. The highest BCUT2D eigenvalue weighted by Gasteiger charge is 2.26. The van der Waals surface area contributed by atoms with Crippen LogP contribution in [0.4, 0.5) is 5.69 Å². The van der Waals surface area contributed by atoms with Crippen molar-refractivity contribution in [3.8, 4) is 0 Å². The molecular weight excluding hydrogens is 422 g/mol. The van der Waals surface area contributed by atoms with Gasteiger partial charge in [0.25, 0.3) is 15.9 Å². The molecule has 3 aromatic carbocycles. The predicted octanol–water partition coefficient (Wildman–Crippen LogP) is 2.05. The first kappa shape index (κ1) is 22.0. The van der Waals surface area contributed by atoms with E-state index < -0.39 is 10.0 Å². The number of hydrogen-bond donors (Lipinski definition) is 1. The topological polar surface area (TPSA) is 62.1 Å². The first-order chi connectivity index (χ1) is 15.4. The summed E-state index contributed by atoms with van der Waals surface area (Å²) in [5, 5.41) is 0. The van der Waals surface area contributed by atoms with E-state index in [0.29, 0.717) is 24.3 Å². The maximum atomic E-state index is 12.9. The molecule has 1 aliphatic heterocycles. The van der Waals surface area contributed by atoms with Gasteiger partial charge < -0.3 is 9.80 Å². The van der Waals surface area contributed by atoms with E-state index in [-0.39, 0.29) is 10.8 Å². The number of carbonyl (C=O) groups is 1. The summed E-state index contributed by atoms with van der Waals surface area (Å²) in [6.07, 6.45) is 0. The van der Waals surface area contributed by atoms with Crippen LogP contribution in [-0.2, 0) is 16.6 Å². The molecule has 1 aliphatic rings. The average Bonchev–Trinajstić information content (AvgIpc) is 2.85. The van der Waals surface area contributed by atoms with Crippen LogP contribution < -0.4 is 9.21 Å². The SMILES string of the molecule is CN(c1ccccc1)S(=O)(=O)c1ccc(C(=O)N2CC[NH+](Cc3ccccc3)CC2)cc1. The van der Waals surface area contributed by atoms with Crippen molar-refractivity contribution in [1.82, 2.24) is 4.90 Å². The predicted molar refractivity (Wildman–Crippen MR) is 125 cm³/mol. The number of para-hydroxylation sites is 1. The zero-order valence-electron chi connectivity index (χ0n) is 18.1. The summed E-state index contributed by atoms with van der Waals surface area (Å²) in [5.41, 5.74) is 2.40. The third-order valence-electron chi connectivity index (χ3n) is 5.93. The van der Waals surface area contributed by atoms with Crippen molar-refractivity contribution < 1.29 is 18.1 Å². The lowest BCUT2D eigenvalue weighted by Gasteiger charge is -2.32. The molecule has 0 aliphatic carbocycles. The molecule has 1 fully saturated rings. The van der Waals surface area contributed by atoms with Crippen molar-refractivity contribution in [3.05, 3.63) is 96.1 Å². The highest BCUT2D eigenvalue weighted by atomic mass is 32.2. The molecule has 166 valence electrons. The Morgan fingerprint density at radius 1 is 0.875 bits per heavy atom. The monoisotopic (exact) mass is 450 g/mol. The number of amides is 1. The molecule has 0 aromatic heterocycles. The minimum atomic E-state index is -3.69. The Labute approximate surface area is 189 Å². The van der Waals surface area contributed by atoms with E-state index >= 15 is 0 Å². The van der Waals surface area contributed by atoms with Crippen molar-refractivity contribution in [1.29, 1.82) is 0 Å². The van der Waals surface area contributed by atoms with E-state index in [9.17, 15) is 13.2 Å². The lowest BCUT2D eigenvalue weighted by molar-refractivity contribution is -0.917. The fourth-order valence-corrected chi connectivity index (χ4v) is 5.17. The molecule has 4 rings (SSSR count). The maximum Gasteiger partial charge on any atom is 0.264 e. The minimum absolute atomic E-state index is 0.0517. The molecule has 0 unspecified atom stereocenters. The van der Waals surface area contributed by atoms with E-state index in [1.54, 1.807) is 36.4 Å². The van der Waals surface area contributed by atoms with Crippen molar-refractivity contribution in [2.45, 2.75) is 11.4 Å². The van der Waals surface area contributed by atoms with Gasteiger partial charge in [-0.2, -0.15) is 0 Å². The summed E-state index contributed by atoms with van der Waals surface area (Å²) in [5.74, 6) is -0.0517. The van der Waals surface area contributed by atoms with Gasteiger partial charge in [-0.1, -0.05) is 48.5 Å². The Bertz CT molecular complexity index is 1140. The number of sulfonamides is 1. The Kier molecular flexibility index (Phi) is 6.58. The van der Waals surface area contributed by atoms with Gasteiger partial charge in [-0.05, 0) is 36.4 Å². The lowest BCUT2D eigenvalue weighted by Crippen LogP contribution is -3.13. The minimum Gasteiger partial charge on any atom is -0.328 e. The summed E-state index contributed by atoms with van der Waals surface area (Å²) < 4.78 is 27.1. The lowest BCUT2D eigenvalue weighted by atomic mass is 10.1. The number of piperazine rings is 1. The quantitative estimate of drug-likeness (QED) is 0.625. The van der Waals surface area contributed by atoms with Gasteiger partial charge in [0, 0.05) is 18.2 Å². The van der Waals surface area contributed by atoms with E-state index in [4.69, 9.17) is 0 Å². The molecule has 0 bridgehead atoms. The number of rotatable bonds is 6. The average molecular weight is 451 g/mol. The molecule has 1 N–H and O–H groups in total. The molecule has 3 aromatic rings. The first-order valence-electron chi connectivity index (χ1n) is 10.8. The summed E-state index contributed by atoms with van der Waals surface area (Å²) in [6.45, 7) is 4.14. The van der Waals surface area contributed by atoms with E-state index in [2.05, 4.69) is 24.3 Å². The largest absolute Gasteiger partial charge is 0.328 e. The van der Waals surface area contributed by atoms with Crippen molar-refractivity contribution >= 4 is 21.6 Å². The Balaban J connectivity index is 1.38. The first-order valence-corrected chi connectivity index (χ1v) is 12.2. The third kappa shape index (κ3) is 4.84. The fraction of sp³-hybridized carbons (Fsp3) is 0.240. The summed E-state index contributed by atoms with van der Waals surface area (Å²) in [7, 11) is -2.16. The van der Waals surface area contributed by atoms with Gasteiger partial charge in [-0.25, -0.2) is 8.42 Å². The highest BCUT2D eigenvalue weighted by Crippen LogP contribution is 2.22. The Morgan fingerprint density at radius 2 is 1.44 bits per heavy atom. The van der Waals surface area contributed by atoms with Crippen LogP contribution in [0.25, 0.3) is 0 Å². The number of quaternary nitrogens is 1. The van der Waals surface area contributed by atoms with Crippen molar-refractivity contribution in [3.63, 3.8) is 0 Å². The number of benzene rings is 3. The van der Waals surface area contributed by atoms with E-state index in [0.717, 1.165) is 19.6 Å². The van der Waals surface area contributed by atoms with Crippen LogP contribution in [0.1, 0.15) is 15.9 Å². The molecule has 0 atom stereocenters. The molecule has 7 heteroatoms. The van der Waals surface area contributed by atoms with Crippen LogP contribution in [0.15, 0.2) is 89.8 Å². The molecule has 0 spiro atoms. The zero-order valence-corrected chi connectivity index (χ0v) is 19.0. The Hall–Kier alpha value is -3.16. The van der Waals surface area contributed by atoms with Crippen LogP contribution >= 0.6 is 0 Å². The van der Waals surface area contributed by atoms with Crippen molar-refractivity contribution in [2.75, 3.05) is 37.5 Å². The molecule has 0 saturated carbocycles. The number of nitrogens with one attached hydrogen (secondary N) is 1. The molecule has 1 amide bonds. The molecule has 6 nitrogen and oxygen atoms in total. The second kappa shape index (κ2) is 9.54. The molecule has 0 radical (unpaired) electrons. The van der Waals surface area contributed by atoms with Gasteiger partial charge in [0.1, 0.15) is 6.54 Å². The third-order valence-corrected chi connectivity index (χ3v) is 7.73. The van der Waals surface area contributed by atoms with Crippen LogP contribution in [0, 0.1) is 0 Å². The second-order valence-electron chi connectivity index (χ2n) is 8.04. The van der Waals surface area contributed by atoms with E-state index in [1.165, 1.54) is 33.9 Å².